The van der Waals surface area contributed by atoms with E-state index in [2.05, 4.69) is 19.2 Å². The SMILES string of the molecule is CCC1CC(C)CCC1NC1(CO)CCC1. The lowest BCUT2D eigenvalue weighted by atomic mass is 9.72. The van der Waals surface area contributed by atoms with Gasteiger partial charge in [0, 0.05) is 11.6 Å². The maximum atomic E-state index is 9.52. The zero-order chi connectivity index (χ0) is 11.6. The summed E-state index contributed by atoms with van der Waals surface area (Å²) in [5, 5.41) is 13.3. The van der Waals surface area contributed by atoms with Gasteiger partial charge in [-0.05, 0) is 50.4 Å². The van der Waals surface area contributed by atoms with Gasteiger partial charge in [-0.2, -0.15) is 0 Å². The van der Waals surface area contributed by atoms with Gasteiger partial charge in [0.15, 0.2) is 0 Å². The van der Waals surface area contributed by atoms with Gasteiger partial charge in [0.2, 0.25) is 0 Å². The number of rotatable bonds is 4. The van der Waals surface area contributed by atoms with Gasteiger partial charge in [-0.1, -0.05) is 20.3 Å². The number of hydrogen-bond donors (Lipinski definition) is 2. The van der Waals surface area contributed by atoms with Crippen LogP contribution < -0.4 is 5.32 Å². The number of hydrogen-bond acceptors (Lipinski definition) is 2. The van der Waals surface area contributed by atoms with Gasteiger partial charge < -0.3 is 10.4 Å². The zero-order valence-corrected chi connectivity index (χ0v) is 10.8. The summed E-state index contributed by atoms with van der Waals surface area (Å²) in [5.41, 5.74) is 0.0959. The van der Waals surface area contributed by atoms with Gasteiger partial charge in [0.05, 0.1) is 6.61 Å². The Hall–Kier alpha value is -0.0800. The van der Waals surface area contributed by atoms with Gasteiger partial charge in [-0.25, -0.2) is 0 Å². The normalized spacial score (nSPS) is 38.1. The summed E-state index contributed by atoms with van der Waals surface area (Å²) < 4.78 is 0. The van der Waals surface area contributed by atoms with Crippen molar-refractivity contribution in [3.05, 3.63) is 0 Å². The maximum absolute atomic E-state index is 9.52. The summed E-state index contributed by atoms with van der Waals surface area (Å²) >= 11 is 0. The summed E-state index contributed by atoms with van der Waals surface area (Å²) in [6.45, 7) is 5.02. The summed E-state index contributed by atoms with van der Waals surface area (Å²) in [6, 6.07) is 0.661. The monoisotopic (exact) mass is 225 g/mol. The van der Waals surface area contributed by atoms with E-state index in [1.165, 1.54) is 44.9 Å². The third-order valence-corrected chi connectivity index (χ3v) is 4.87. The molecule has 2 aliphatic carbocycles. The van der Waals surface area contributed by atoms with Crippen molar-refractivity contribution in [2.75, 3.05) is 6.61 Å². The van der Waals surface area contributed by atoms with Crippen LogP contribution in [0.15, 0.2) is 0 Å². The van der Waals surface area contributed by atoms with E-state index in [1.54, 1.807) is 0 Å². The summed E-state index contributed by atoms with van der Waals surface area (Å²) in [7, 11) is 0. The lowest BCUT2D eigenvalue weighted by Gasteiger charge is -2.47. The average molecular weight is 225 g/mol. The van der Waals surface area contributed by atoms with E-state index in [-0.39, 0.29) is 5.54 Å². The summed E-state index contributed by atoms with van der Waals surface area (Å²) in [5.74, 6) is 1.72. The molecule has 3 atom stereocenters. The van der Waals surface area contributed by atoms with Gasteiger partial charge in [-0.15, -0.1) is 0 Å². The van der Waals surface area contributed by atoms with E-state index in [9.17, 15) is 5.11 Å². The van der Waals surface area contributed by atoms with Crippen LogP contribution in [0.2, 0.25) is 0 Å². The Balaban J connectivity index is 1.92. The molecule has 0 saturated heterocycles. The van der Waals surface area contributed by atoms with Crippen LogP contribution in [0, 0.1) is 11.8 Å². The first kappa shape index (κ1) is 12.4. The second-order valence-corrected chi connectivity index (χ2v) is 6.13. The predicted octanol–water partition coefficient (Wildman–Crippen LogP) is 2.71. The maximum Gasteiger partial charge on any atom is 0.0613 e. The fourth-order valence-corrected chi connectivity index (χ4v) is 3.48. The van der Waals surface area contributed by atoms with Gasteiger partial charge in [0.1, 0.15) is 0 Å². The lowest BCUT2D eigenvalue weighted by Crippen LogP contribution is -2.59. The third-order valence-electron chi connectivity index (χ3n) is 4.87. The number of aliphatic hydroxyl groups excluding tert-OH is 1. The molecule has 0 bridgehead atoms. The third kappa shape index (κ3) is 2.43. The predicted molar refractivity (Wildman–Crippen MR) is 67.4 cm³/mol. The number of nitrogens with one attached hydrogen (secondary N) is 1. The highest BCUT2D eigenvalue weighted by Crippen LogP contribution is 2.37. The molecule has 0 amide bonds. The fraction of sp³-hybridized carbons (Fsp3) is 1.00. The molecule has 0 radical (unpaired) electrons. The molecule has 0 aromatic heterocycles. The quantitative estimate of drug-likeness (QED) is 0.771. The summed E-state index contributed by atoms with van der Waals surface area (Å²) in [4.78, 5) is 0. The second kappa shape index (κ2) is 5.05. The minimum absolute atomic E-state index is 0.0959. The van der Waals surface area contributed by atoms with Crippen LogP contribution in [0.1, 0.15) is 58.8 Å². The van der Waals surface area contributed by atoms with Crippen LogP contribution in [-0.2, 0) is 0 Å². The molecule has 2 aliphatic rings. The molecule has 16 heavy (non-hydrogen) atoms. The molecule has 94 valence electrons. The first-order valence-electron chi connectivity index (χ1n) is 7.07. The van der Waals surface area contributed by atoms with Crippen molar-refractivity contribution in [3.63, 3.8) is 0 Å². The largest absolute Gasteiger partial charge is 0.394 e. The minimum atomic E-state index is 0.0959. The van der Waals surface area contributed by atoms with E-state index >= 15 is 0 Å². The Morgan fingerprint density at radius 1 is 1.31 bits per heavy atom. The average Bonchev–Trinajstić information content (AvgIpc) is 2.25. The standard InChI is InChI=1S/C14H27NO/c1-3-12-9-11(2)5-6-13(12)15-14(10-16)7-4-8-14/h11-13,15-16H,3-10H2,1-2H3. The first-order chi connectivity index (χ1) is 7.69. The molecule has 2 N–H and O–H groups in total. The highest BCUT2D eigenvalue weighted by atomic mass is 16.3. The molecule has 0 aliphatic heterocycles. The van der Waals surface area contributed by atoms with Crippen LogP contribution in [0.5, 0.6) is 0 Å². The van der Waals surface area contributed by atoms with Gasteiger partial charge in [0.25, 0.3) is 0 Å². The van der Waals surface area contributed by atoms with E-state index in [4.69, 9.17) is 0 Å². The van der Waals surface area contributed by atoms with Crippen molar-refractivity contribution in [3.8, 4) is 0 Å². The molecule has 2 saturated carbocycles. The molecule has 2 nitrogen and oxygen atoms in total. The van der Waals surface area contributed by atoms with Crippen LogP contribution >= 0.6 is 0 Å². The Bertz CT molecular complexity index is 219. The van der Waals surface area contributed by atoms with Crippen LogP contribution in [0.3, 0.4) is 0 Å². The van der Waals surface area contributed by atoms with E-state index in [0.717, 1.165) is 11.8 Å². The molecule has 2 heteroatoms. The fourth-order valence-electron chi connectivity index (χ4n) is 3.48. The van der Waals surface area contributed by atoms with E-state index < -0.39 is 0 Å². The minimum Gasteiger partial charge on any atom is -0.394 e. The molecule has 2 rings (SSSR count). The van der Waals surface area contributed by atoms with Gasteiger partial charge in [-0.3, -0.25) is 0 Å². The van der Waals surface area contributed by atoms with Crippen molar-refractivity contribution in [2.24, 2.45) is 11.8 Å². The molecule has 2 fully saturated rings. The molecule has 0 aromatic rings. The molecular formula is C14H27NO. The molecular weight excluding hydrogens is 198 g/mol. The second-order valence-electron chi connectivity index (χ2n) is 6.13. The van der Waals surface area contributed by atoms with Crippen molar-refractivity contribution < 1.29 is 5.11 Å². The Kier molecular flexibility index (Phi) is 3.91. The first-order valence-corrected chi connectivity index (χ1v) is 7.07. The number of aliphatic hydroxyl groups is 1. The Morgan fingerprint density at radius 3 is 2.56 bits per heavy atom. The zero-order valence-electron chi connectivity index (χ0n) is 10.8. The van der Waals surface area contributed by atoms with Crippen molar-refractivity contribution >= 4 is 0 Å². The lowest BCUT2D eigenvalue weighted by molar-refractivity contribution is 0.0529. The van der Waals surface area contributed by atoms with Crippen molar-refractivity contribution in [1.29, 1.82) is 0 Å². The Labute approximate surface area is 99.8 Å². The van der Waals surface area contributed by atoms with Crippen molar-refractivity contribution in [1.82, 2.24) is 5.32 Å². The molecule has 3 unspecified atom stereocenters. The van der Waals surface area contributed by atoms with Gasteiger partial charge >= 0.3 is 0 Å². The highest BCUT2D eigenvalue weighted by molar-refractivity contribution is 4.99. The Morgan fingerprint density at radius 2 is 2.06 bits per heavy atom. The van der Waals surface area contributed by atoms with Crippen LogP contribution in [0.4, 0.5) is 0 Å². The molecule has 0 aromatic carbocycles. The highest BCUT2D eigenvalue weighted by Gasteiger charge is 2.40. The van der Waals surface area contributed by atoms with E-state index in [0.29, 0.717) is 12.6 Å². The summed E-state index contributed by atoms with van der Waals surface area (Å²) in [6.07, 6.45) is 8.95. The van der Waals surface area contributed by atoms with Crippen molar-refractivity contribution in [2.45, 2.75) is 70.4 Å². The molecule has 0 heterocycles. The van der Waals surface area contributed by atoms with Crippen LogP contribution in [-0.4, -0.2) is 23.3 Å². The smallest absolute Gasteiger partial charge is 0.0613 e. The van der Waals surface area contributed by atoms with Crippen LogP contribution in [0.25, 0.3) is 0 Å². The van der Waals surface area contributed by atoms with E-state index in [1.807, 2.05) is 0 Å². The topological polar surface area (TPSA) is 32.3 Å². The molecule has 0 spiro atoms.